The SMILES string of the molecule is C#Cc1ccccc1C(C(=O)Nc1ccc(OC)cc1)N(CC)C(=O)C(NC(=O)OC(C)(C)C)C(C)CC. The number of likely N-dealkylation sites (N-methyl/N-ethyl adjacent to an activating group) is 1. The summed E-state index contributed by atoms with van der Waals surface area (Å²) in [5, 5.41) is 5.63. The lowest BCUT2D eigenvalue weighted by molar-refractivity contribution is -0.141. The van der Waals surface area contributed by atoms with Gasteiger partial charge in [0.1, 0.15) is 23.4 Å². The third-order valence-corrected chi connectivity index (χ3v) is 6.10. The number of ether oxygens (including phenoxy) is 2. The Bertz CT molecular complexity index is 1150. The van der Waals surface area contributed by atoms with Crippen LogP contribution in [-0.4, -0.2) is 48.1 Å². The van der Waals surface area contributed by atoms with Gasteiger partial charge in [0.05, 0.1) is 7.11 Å². The topological polar surface area (TPSA) is 97.0 Å². The predicted octanol–water partition coefficient (Wildman–Crippen LogP) is 5.14. The molecule has 0 saturated carbocycles. The molecule has 2 N–H and O–H groups in total. The van der Waals surface area contributed by atoms with Gasteiger partial charge in [-0.25, -0.2) is 4.79 Å². The fourth-order valence-electron chi connectivity index (χ4n) is 3.96. The maximum absolute atomic E-state index is 14.0. The number of alkyl carbamates (subject to hydrolysis) is 1. The van der Waals surface area contributed by atoms with Crippen LogP contribution in [0.15, 0.2) is 48.5 Å². The predicted molar refractivity (Wildman–Crippen MR) is 149 cm³/mol. The molecule has 0 aromatic heterocycles. The Morgan fingerprint density at radius 3 is 2.21 bits per heavy atom. The standard InChI is InChI=1S/C30H39N3O5/c1-9-20(4)25(32-29(36)38-30(5,6)7)28(35)33(11-3)26(24-15-13-12-14-21(24)10-2)27(34)31-22-16-18-23(37-8)19-17-22/h2,12-20,25-26H,9,11H2,1,3-8H3,(H,31,34)(H,32,36). The third-order valence-electron chi connectivity index (χ3n) is 6.10. The molecule has 2 aromatic carbocycles. The van der Waals surface area contributed by atoms with Gasteiger partial charge < -0.3 is 25.0 Å². The molecule has 0 aliphatic rings. The van der Waals surface area contributed by atoms with Gasteiger partial charge in [0.25, 0.3) is 5.91 Å². The Balaban J connectivity index is 2.51. The number of hydrogen-bond donors (Lipinski definition) is 2. The van der Waals surface area contributed by atoms with Crippen molar-refractivity contribution in [3.8, 4) is 18.1 Å². The second-order valence-corrected chi connectivity index (χ2v) is 9.99. The quantitative estimate of drug-likeness (QED) is 0.422. The number of amides is 3. The fraction of sp³-hybridized carbons (Fsp3) is 0.433. The molecule has 3 amide bonds. The minimum Gasteiger partial charge on any atom is -0.497 e. The van der Waals surface area contributed by atoms with Crippen LogP contribution in [0.3, 0.4) is 0 Å². The molecule has 0 radical (unpaired) electrons. The molecule has 38 heavy (non-hydrogen) atoms. The summed E-state index contributed by atoms with van der Waals surface area (Å²) in [7, 11) is 1.56. The van der Waals surface area contributed by atoms with Crippen molar-refractivity contribution in [3.63, 3.8) is 0 Å². The number of benzene rings is 2. The molecule has 0 aliphatic carbocycles. The number of terminal acetylenes is 1. The summed E-state index contributed by atoms with van der Waals surface area (Å²) in [5.74, 6) is 2.20. The highest BCUT2D eigenvalue weighted by molar-refractivity contribution is 5.99. The van der Waals surface area contributed by atoms with E-state index in [9.17, 15) is 14.4 Å². The second-order valence-electron chi connectivity index (χ2n) is 9.99. The summed E-state index contributed by atoms with van der Waals surface area (Å²) in [6, 6.07) is 11.9. The zero-order valence-electron chi connectivity index (χ0n) is 23.3. The molecule has 3 atom stereocenters. The smallest absolute Gasteiger partial charge is 0.408 e. The highest BCUT2D eigenvalue weighted by atomic mass is 16.6. The van der Waals surface area contributed by atoms with E-state index in [1.807, 2.05) is 13.8 Å². The summed E-state index contributed by atoms with van der Waals surface area (Å²) in [4.78, 5) is 41.9. The van der Waals surface area contributed by atoms with Gasteiger partial charge in [-0.1, -0.05) is 44.4 Å². The minimum absolute atomic E-state index is 0.196. The average Bonchev–Trinajstić information content (AvgIpc) is 2.88. The molecule has 204 valence electrons. The number of nitrogens with one attached hydrogen (secondary N) is 2. The Morgan fingerprint density at radius 1 is 1.05 bits per heavy atom. The molecule has 0 bridgehead atoms. The molecular formula is C30H39N3O5. The molecule has 2 rings (SSSR count). The average molecular weight is 522 g/mol. The van der Waals surface area contributed by atoms with Gasteiger partial charge in [-0.05, 0) is 69.5 Å². The van der Waals surface area contributed by atoms with Gasteiger partial charge in [0, 0.05) is 17.8 Å². The van der Waals surface area contributed by atoms with Gasteiger partial charge in [-0.2, -0.15) is 0 Å². The molecule has 0 aliphatic heterocycles. The number of rotatable bonds is 10. The van der Waals surface area contributed by atoms with Crippen molar-refractivity contribution in [1.82, 2.24) is 10.2 Å². The summed E-state index contributed by atoms with van der Waals surface area (Å²) < 4.78 is 10.6. The molecule has 2 aromatic rings. The second kappa shape index (κ2) is 13.5. The largest absolute Gasteiger partial charge is 0.497 e. The van der Waals surface area contributed by atoms with Crippen molar-refractivity contribution in [2.45, 2.75) is 65.6 Å². The van der Waals surface area contributed by atoms with Crippen molar-refractivity contribution in [1.29, 1.82) is 0 Å². The van der Waals surface area contributed by atoms with Crippen molar-refractivity contribution < 1.29 is 23.9 Å². The Kier molecular flexibility index (Phi) is 10.8. The van der Waals surface area contributed by atoms with E-state index in [0.29, 0.717) is 29.0 Å². The lowest BCUT2D eigenvalue weighted by atomic mass is 9.94. The van der Waals surface area contributed by atoms with E-state index >= 15 is 0 Å². The number of methoxy groups -OCH3 is 1. The molecule has 0 heterocycles. The van der Waals surface area contributed by atoms with E-state index < -0.39 is 35.6 Å². The van der Waals surface area contributed by atoms with E-state index in [2.05, 4.69) is 16.6 Å². The maximum Gasteiger partial charge on any atom is 0.408 e. The maximum atomic E-state index is 14.0. The van der Waals surface area contributed by atoms with Crippen molar-refractivity contribution in [2.75, 3.05) is 19.0 Å². The van der Waals surface area contributed by atoms with Gasteiger partial charge in [0.15, 0.2) is 0 Å². The minimum atomic E-state index is -1.05. The lowest BCUT2D eigenvalue weighted by Gasteiger charge is -2.35. The van der Waals surface area contributed by atoms with Crippen LogP contribution >= 0.6 is 0 Å². The number of carbonyl (C=O) groups excluding carboxylic acids is 3. The fourth-order valence-corrected chi connectivity index (χ4v) is 3.96. The normalized spacial score (nSPS) is 13.3. The van der Waals surface area contributed by atoms with Crippen LogP contribution in [0.5, 0.6) is 5.75 Å². The molecule has 0 saturated heterocycles. The van der Waals surface area contributed by atoms with E-state index in [1.165, 1.54) is 4.90 Å². The number of hydrogen-bond acceptors (Lipinski definition) is 5. The van der Waals surface area contributed by atoms with Crippen molar-refractivity contribution in [3.05, 3.63) is 59.7 Å². The van der Waals surface area contributed by atoms with E-state index in [-0.39, 0.29) is 12.5 Å². The molecule has 8 heteroatoms. The monoisotopic (exact) mass is 521 g/mol. The van der Waals surface area contributed by atoms with Crippen LogP contribution in [0.2, 0.25) is 0 Å². The van der Waals surface area contributed by atoms with Gasteiger partial charge in [-0.15, -0.1) is 6.42 Å². The zero-order valence-corrected chi connectivity index (χ0v) is 23.3. The first-order chi connectivity index (χ1) is 17.9. The Morgan fingerprint density at radius 2 is 1.68 bits per heavy atom. The summed E-state index contributed by atoms with van der Waals surface area (Å²) >= 11 is 0. The molecule has 3 unspecified atom stereocenters. The van der Waals surface area contributed by atoms with E-state index in [0.717, 1.165) is 0 Å². The van der Waals surface area contributed by atoms with Gasteiger partial charge in [0.2, 0.25) is 5.91 Å². The molecule has 8 nitrogen and oxygen atoms in total. The van der Waals surface area contributed by atoms with Crippen LogP contribution in [0.25, 0.3) is 0 Å². The Hall–Kier alpha value is -3.99. The molecule has 0 spiro atoms. The van der Waals surface area contributed by atoms with Crippen LogP contribution in [0.1, 0.15) is 65.1 Å². The highest BCUT2D eigenvalue weighted by Gasteiger charge is 2.38. The molecule has 0 fully saturated rings. The third kappa shape index (κ3) is 8.01. The number of carbonyl (C=O) groups is 3. The summed E-state index contributed by atoms with van der Waals surface area (Å²) in [6.07, 6.45) is 5.69. The van der Waals surface area contributed by atoms with Crippen LogP contribution < -0.4 is 15.4 Å². The number of anilines is 1. The first-order valence-electron chi connectivity index (χ1n) is 12.8. The summed E-state index contributed by atoms with van der Waals surface area (Å²) in [5.41, 5.74) is 0.808. The van der Waals surface area contributed by atoms with Crippen LogP contribution in [0.4, 0.5) is 10.5 Å². The first kappa shape index (κ1) is 30.2. The van der Waals surface area contributed by atoms with E-state index in [4.69, 9.17) is 15.9 Å². The molecular weight excluding hydrogens is 482 g/mol. The lowest BCUT2D eigenvalue weighted by Crippen LogP contribution is -2.54. The first-order valence-corrected chi connectivity index (χ1v) is 12.8. The Labute approximate surface area is 226 Å². The van der Waals surface area contributed by atoms with Crippen LogP contribution in [0, 0.1) is 18.3 Å². The summed E-state index contributed by atoms with van der Waals surface area (Å²) in [6.45, 7) is 11.0. The van der Waals surface area contributed by atoms with E-state index in [1.54, 1.807) is 83.3 Å². The zero-order chi connectivity index (χ0) is 28.5. The van der Waals surface area contributed by atoms with Crippen molar-refractivity contribution >= 4 is 23.6 Å². The number of nitrogens with zero attached hydrogens (tertiary/aromatic N) is 1. The highest BCUT2D eigenvalue weighted by Crippen LogP contribution is 2.28. The van der Waals surface area contributed by atoms with Crippen LogP contribution in [-0.2, 0) is 14.3 Å². The van der Waals surface area contributed by atoms with Gasteiger partial charge in [-0.3, -0.25) is 9.59 Å². The van der Waals surface area contributed by atoms with Crippen molar-refractivity contribution in [2.24, 2.45) is 5.92 Å². The van der Waals surface area contributed by atoms with Gasteiger partial charge >= 0.3 is 6.09 Å².